The third-order valence-electron chi connectivity index (χ3n) is 5.60. The number of benzene rings is 2. The van der Waals surface area contributed by atoms with Gasteiger partial charge in [0, 0.05) is 36.8 Å². The summed E-state index contributed by atoms with van der Waals surface area (Å²) in [4.78, 5) is 14.9. The molecule has 30 heavy (non-hydrogen) atoms. The van der Waals surface area contributed by atoms with Gasteiger partial charge in [0.2, 0.25) is 5.91 Å². The van der Waals surface area contributed by atoms with Crippen LogP contribution in [-0.4, -0.2) is 38.2 Å². The largest absolute Gasteiger partial charge is 0.326 e. The number of amides is 1. The highest BCUT2D eigenvalue weighted by atomic mass is 32.1. The molecule has 7 heteroatoms. The van der Waals surface area contributed by atoms with Crippen molar-refractivity contribution in [2.45, 2.75) is 33.0 Å². The molecule has 1 aromatic heterocycles. The molecule has 1 aliphatic rings. The quantitative estimate of drug-likeness (QED) is 0.599. The van der Waals surface area contributed by atoms with Crippen LogP contribution in [0, 0.1) is 10.7 Å². The summed E-state index contributed by atoms with van der Waals surface area (Å²) in [5.74, 6) is 1.06. The van der Waals surface area contributed by atoms with Crippen LogP contribution in [0.15, 0.2) is 60.7 Å². The lowest BCUT2D eigenvalue weighted by molar-refractivity contribution is -0.121. The summed E-state index contributed by atoms with van der Waals surface area (Å²) in [6.45, 7) is 5.23. The van der Waals surface area contributed by atoms with Crippen LogP contribution < -0.4 is 5.32 Å². The van der Waals surface area contributed by atoms with E-state index >= 15 is 0 Å². The molecule has 2 aromatic carbocycles. The number of hydrogen-bond donors (Lipinski definition) is 1. The highest BCUT2D eigenvalue weighted by Crippen LogP contribution is 2.22. The van der Waals surface area contributed by atoms with Crippen LogP contribution in [0.4, 0.5) is 5.69 Å². The van der Waals surface area contributed by atoms with Crippen molar-refractivity contribution in [2.75, 3.05) is 18.4 Å². The summed E-state index contributed by atoms with van der Waals surface area (Å²) in [5, 5.41) is 7.84. The topological polar surface area (TPSA) is 55.1 Å². The molecule has 1 aliphatic heterocycles. The Kier molecular flexibility index (Phi) is 6.40. The number of para-hydroxylation sites is 1. The smallest absolute Gasteiger partial charge is 0.227 e. The number of piperidine rings is 1. The molecule has 1 saturated heterocycles. The Morgan fingerprint density at radius 3 is 2.33 bits per heavy atom. The highest BCUT2D eigenvalue weighted by molar-refractivity contribution is 7.71. The monoisotopic (exact) mass is 421 g/mol. The van der Waals surface area contributed by atoms with Gasteiger partial charge in [-0.25, -0.2) is 4.68 Å². The van der Waals surface area contributed by atoms with Crippen molar-refractivity contribution in [1.82, 2.24) is 19.2 Å². The molecule has 156 valence electrons. The Bertz CT molecular complexity index is 1040. The van der Waals surface area contributed by atoms with Crippen LogP contribution in [0.2, 0.25) is 0 Å². The lowest BCUT2D eigenvalue weighted by atomic mass is 9.96. The SMILES string of the molecule is CCn1c(-c2ccccc2)nn(CN2CCC(C(=O)Nc3ccccc3)CC2)c1=S. The number of carbonyl (C=O) groups excluding carboxylic acids is 1. The zero-order chi connectivity index (χ0) is 20.9. The van der Waals surface area contributed by atoms with Crippen molar-refractivity contribution in [2.24, 2.45) is 5.92 Å². The maximum atomic E-state index is 12.6. The number of hydrogen-bond acceptors (Lipinski definition) is 4. The highest BCUT2D eigenvalue weighted by Gasteiger charge is 2.25. The van der Waals surface area contributed by atoms with Gasteiger partial charge in [0.15, 0.2) is 10.6 Å². The van der Waals surface area contributed by atoms with Crippen molar-refractivity contribution in [1.29, 1.82) is 0 Å². The fourth-order valence-electron chi connectivity index (χ4n) is 3.91. The molecule has 4 rings (SSSR count). The van der Waals surface area contributed by atoms with Gasteiger partial charge >= 0.3 is 0 Å². The molecular weight excluding hydrogens is 394 g/mol. The first kappa shape index (κ1) is 20.5. The average Bonchev–Trinajstić information content (AvgIpc) is 3.10. The summed E-state index contributed by atoms with van der Waals surface area (Å²) >= 11 is 5.69. The van der Waals surface area contributed by atoms with E-state index in [2.05, 4.69) is 33.8 Å². The van der Waals surface area contributed by atoms with E-state index in [1.807, 2.05) is 53.2 Å². The summed E-state index contributed by atoms with van der Waals surface area (Å²) in [7, 11) is 0. The van der Waals surface area contributed by atoms with Crippen LogP contribution in [-0.2, 0) is 18.0 Å². The Labute approximate surface area is 182 Å². The number of carbonyl (C=O) groups is 1. The van der Waals surface area contributed by atoms with Crippen LogP contribution in [0.5, 0.6) is 0 Å². The second kappa shape index (κ2) is 9.36. The van der Waals surface area contributed by atoms with Gasteiger partial charge in [-0.1, -0.05) is 48.5 Å². The molecule has 0 spiro atoms. The third-order valence-corrected chi connectivity index (χ3v) is 6.04. The van der Waals surface area contributed by atoms with Gasteiger partial charge in [-0.05, 0) is 44.1 Å². The molecular formula is C23H27N5OS. The number of aromatic nitrogens is 3. The minimum Gasteiger partial charge on any atom is -0.326 e. The zero-order valence-corrected chi connectivity index (χ0v) is 18.0. The van der Waals surface area contributed by atoms with Crippen molar-refractivity contribution in [3.8, 4) is 11.4 Å². The second-order valence-corrected chi connectivity index (χ2v) is 7.97. The molecule has 2 heterocycles. The summed E-state index contributed by atoms with van der Waals surface area (Å²) in [5.41, 5.74) is 1.93. The molecule has 0 atom stereocenters. The van der Waals surface area contributed by atoms with Crippen molar-refractivity contribution in [3.05, 3.63) is 65.4 Å². The average molecular weight is 422 g/mol. The minimum atomic E-state index is 0.0440. The van der Waals surface area contributed by atoms with Gasteiger partial charge < -0.3 is 9.88 Å². The fraction of sp³-hybridized carbons (Fsp3) is 0.348. The molecule has 6 nitrogen and oxygen atoms in total. The van der Waals surface area contributed by atoms with E-state index in [0.29, 0.717) is 6.67 Å². The Hall–Kier alpha value is -2.77. The molecule has 0 aliphatic carbocycles. The van der Waals surface area contributed by atoms with Gasteiger partial charge in [-0.3, -0.25) is 9.69 Å². The molecule has 0 unspecified atom stereocenters. The van der Waals surface area contributed by atoms with Gasteiger partial charge in [0.05, 0.1) is 6.67 Å². The molecule has 1 amide bonds. The van der Waals surface area contributed by atoms with Crippen LogP contribution >= 0.6 is 12.2 Å². The molecule has 1 N–H and O–H groups in total. The standard InChI is InChI=1S/C23H27N5OS/c1-2-27-21(18-9-5-3-6-10-18)25-28(23(27)30)17-26-15-13-19(14-16-26)22(29)24-20-11-7-4-8-12-20/h3-12,19H,2,13-17H2,1H3,(H,24,29). The van der Waals surface area contributed by atoms with Crippen molar-refractivity contribution < 1.29 is 4.79 Å². The van der Waals surface area contributed by atoms with Crippen molar-refractivity contribution in [3.63, 3.8) is 0 Å². The Balaban J connectivity index is 1.39. The summed E-state index contributed by atoms with van der Waals surface area (Å²) in [6, 6.07) is 19.8. The van der Waals surface area contributed by atoms with Crippen molar-refractivity contribution >= 4 is 23.8 Å². The predicted octanol–water partition coefficient (Wildman–Crippen LogP) is 4.41. The Morgan fingerprint density at radius 2 is 1.70 bits per heavy atom. The maximum absolute atomic E-state index is 12.6. The van der Waals surface area contributed by atoms with Gasteiger partial charge in [-0.2, -0.15) is 5.10 Å². The summed E-state index contributed by atoms with van der Waals surface area (Å²) < 4.78 is 4.72. The second-order valence-electron chi connectivity index (χ2n) is 7.61. The van der Waals surface area contributed by atoms with Gasteiger partial charge in [0.25, 0.3) is 0 Å². The lowest BCUT2D eigenvalue weighted by Gasteiger charge is -2.30. The number of likely N-dealkylation sites (tertiary alicyclic amines) is 1. The number of nitrogens with one attached hydrogen (secondary N) is 1. The number of rotatable bonds is 6. The minimum absolute atomic E-state index is 0.0440. The van der Waals surface area contributed by atoms with Crippen LogP contribution in [0.3, 0.4) is 0 Å². The molecule has 0 bridgehead atoms. The van der Waals surface area contributed by atoms with E-state index in [0.717, 1.165) is 54.3 Å². The number of anilines is 1. The first-order valence-electron chi connectivity index (χ1n) is 10.5. The predicted molar refractivity (Wildman–Crippen MR) is 122 cm³/mol. The number of nitrogens with zero attached hydrogens (tertiary/aromatic N) is 4. The van der Waals surface area contributed by atoms with Crippen LogP contribution in [0.1, 0.15) is 19.8 Å². The maximum Gasteiger partial charge on any atom is 0.227 e. The molecule has 3 aromatic rings. The van der Waals surface area contributed by atoms with E-state index in [-0.39, 0.29) is 11.8 Å². The van der Waals surface area contributed by atoms with E-state index in [1.54, 1.807) is 0 Å². The molecule has 0 saturated carbocycles. The molecule has 0 radical (unpaired) electrons. The summed E-state index contributed by atoms with van der Waals surface area (Å²) in [6.07, 6.45) is 1.68. The lowest BCUT2D eigenvalue weighted by Crippen LogP contribution is -2.39. The first-order chi connectivity index (χ1) is 14.7. The fourth-order valence-corrected chi connectivity index (χ4v) is 4.22. The van der Waals surface area contributed by atoms with Crippen LogP contribution in [0.25, 0.3) is 11.4 Å². The Morgan fingerprint density at radius 1 is 1.07 bits per heavy atom. The normalized spacial score (nSPS) is 15.2. The first-order valence-corrected chi connectivity index (χ1v) is 10.9. The van der Waals surface area contributed by atoms with E-state index in [9.17, 15) is 4.79 Å². The van der Waals surface area contributed by atoms with E-state index in [4.69, 9.17) is 17.3 Å². The third kappa shape index (κ3) is 4.52. The van der Waals surface area contributed by atoms with Gasteiger partial charge in [0.1, 0.15) is 0 Å². The van der Waals surface area contributed by atoms with Gasteiger partial charge in [-0.15, -0.1) is 0 Å². The zero-order valence-electron chi connectivity index (χ0n) is 17.2. The van der Waals surface area contributed by atoms with E-state index in [1.165, 1.54) is 0 Å². The van der Waals surface area contributed by atoms with E-state index < -0.39 is 0 Å². The molecule has 1 fully saturated rings.